The molecule has 0 spiro atoms. The molecule has 1 heterocycles. The largest absolute Gasteiger partial charge is 0.384 e. The molecule has 0 radical (unpaired) electrons. The summed E-state index contributed by atoms with van der Waals surface area (Å²) in [6.45, 7) is 4.91. The molecule has 1 aromatic carbocycles. The van der Waals surface area contributed by atoms with E-state index >= 15 is 0 Å². The molecule has 0 aliphatic carbocycles. The van der Waals surface area contributed by atoms with Crippen molar-refractivity contribution in [3.8, 4) is 0 Å². The van der Waals surface area contributed by atoms with Gasteiger partial charge in [-0.2, -0.15) is 0 Å². The summed E-state index contributed by atoms with van der Waals surface area (Å²) < 4.78 is 33.2. The van der Waals surface area contributed by atoms with Gasteiger partial charge in [0, 0.05) is 19.1 Å². The Labute approximate surface area is 139 Å². The summed E-state index contributed by atoms with van der Waals surface area (Å²) >= 11 is 0. The Hall–Kier alpha value is -0.950. The van der Waals surface area contributed by atoms with E-state index in [0.29, 0.717) is 18.0 Å². The predicted molar refractivity (Wildman–Crippen MR) is 92.0 cm³/mol. The molecule has 0 amide bonds. The fourth-order valence-electron chi connectivity index (χ4n) is 3.09. The summed E-state index contributed by atoms with van der Waals surface area (Å²) in [5.41, 5.74) is 1.05. The van der Waals surface area contributed by atoms with Crippen LogP contribution in [-0.4, -0.2) is 41.8 Å². The molecule has 1 aliphatic heterocycles. The second-order valence-electron chi connectivity index (χ2n) is 6.40. The number of hydrogen-bond acceptors (Lipinski definition) is 4. The molecule has 0 unspecified atom stereocenters. The van der Waals surface area contributed by atoms with E-state index in [2.05, 4.69) is 17.0 Å². The number of aryl methyl sites for hydroxylation is 1. The van der Waals surface area contributed by atoms with Crippen LogP contribution in [0.4, 0.5) is 0 Å². The van der Waals surface area contributed by atoms with Crippen molar-refractivity contribution in [2.45, 2.75) is 37.5 Å². The summed E-state index contributed by atoms with van der Waals surface area (Å²) in [6.07, 6.45) is 3.85. The minimum Gasteiger partial charge on any atom is -0.384 e. The van der Waals surface area contributed by atoms with Gasteiger partial charge in [-0.15, -0.1) is 0 Å². The molecule has 0 aromatic heterocycles. The molecule has 2 N–H and O–H groups in total. The predicted octanol–water partition coefficient (Wildman–Crippen LogP) is 1.93. The first-order chi connectivity index (χ1) is 11.0. The van der Waals surface area contributed by atoms with Crippen LogP contribution in [0.5, 0.6) is 0 Å². The highest BCUT2D eigenvalue weighted by molar-refractivity contribution is 7.89. The number of benzene rings is 1. The minimum absolute atomic E-state index is 0.116. The quantitative estimate of drug-likeness (QED) is 0.759. The van der Waals surface area contributed by atoms with Gasteiger partial charge in [0.1, 0.15) is 0 Å². The van der Waals surface area contributed by atoms with Gasteiger partial charge in [-0.25, -0.2) is 13.1 Å². The standard InChI is InChI=1S/C17H28N2O3S/c1-3-4-15-5-7-16(8-6-15)23(20,21)19-13-17(14-22-2)9-11-18-12-10-17/h5-8,18-19H,3-4,9-14H2,1-2H3. The summed E-state index contributed by atoms with van der Waals surface area (Å²) in [7, 11) is -1.80. The van der Waals surface area contributed by atoms with Gasteiger partial charge < -0.3 is 10.1 Å². The zero-order chi connectivity index (χ0) is 16.8. The monoisotopic (exact) mass is 340 g/mol. The fourth-order valence-corrected chi connectivity index (χ4v) is 4.25. The van der Waals surface area contributed by atoms with Crippen molar-refractivity contribution in [1.82, 2.24) is 10.0 Å². The highest BCUT2D eigenvalue weighted by Gasteiger charge is 2.33. The topological polar surface area (TPSA) is 67.4 Å². The number of rotatable bonds is 8. The maximum absolute atomic E-state index is 12.5. The molecule has 1 fully saturated rings. The van der Waals surface area contributed by atoms with Crippen LogP contribution < -0.4 is 10.0 Å². The summed E-state index contributed by atoms with van der Waals surface area (Å²) in [5, 5.41) is 3.31. The fraction of sp³-hybridized carbons (Fsp3) is 0.647. The second-order valence-corrected chi connectivity index (χ2v) is 8.17. The second kappa shape index (κ2) is 8.24. The Morgan fingerprint density at radius 3 is 2.43 bits per heavy atom. The minimum atomic E-state index is -3.47. The first-order valence-electron chi connectivity index (χ1n) is 8.30. The molecule has 130 valence electrons. The van der Waals surface area contributed by atoms with Crippen molar-refractivity contribution in [2.24, 2.45) is 5.41 Å². The zero-order valence-electron chi connectivity index (χ0n) is 14.1. The third-order valence-electron chi connectivity index (χ3n) is 4.52. The Balaban J connectivity index is 2.04. The molecule has 1 aromatic rings. The van der Waals surface area contributed by atoms with Crippen LogP contribution in [0.15, 0.2) is 29.2 Å². The van der Waals surface area contributed by atoms with Gasteiger partial charge in [-0.05, 0) is 50.0 Å². The highest BCUT2D eigenvalue weighted by atomic mass is 32.2. The third kappa shape index (κ3) is 5.01. The molecular formula is C17H28N2O3S. The Kier molecular flexibility index (Phi) is 6.59. The summed E-state index contributed by atoms with van der Waals surface area (Å²) in [5.74, 6) is 0. The first kappa shape index (κ1) is 18.4. The van der Waals surface area contributed by atoms with Gasteiger partial charge in [0.05, 0.1) is 11.5 Å². The normalized spacial score (nSPS) is 18.0. The molecule has 23 heavy (non-hydrogen) atoms. The molecule has 6 heteroatoms. The van der Waals surface area contributed by atoms with Crippen molar-refractivity contribution in [3.05, 3.63) is 29.8 Å². The van der Waals surface area contributed by atoms with Crippen molar-refractivity contribution >= 4 is 10.0 Å². The van der Waals surface area contributed by atoms with E-state index in [-0.39, 0.29) is 5.41 Å². The lowest BCUT2D eigenvalue weighted by Crippen LogP contribution is -2.47. The summed E-state index contributed by atoms with van der Waals surface area (Å²) in [6, 6.07) is 7.18. The smallest absolute Gasteiger partial charge is 0.240 e. The first-order valence-corrected chi connectivity index (χ1v) is 9.78. The SMILES string of the molecule is CCCc1ccc(S(=O)(=O)NCC2(COC)CCNCC2)cc1. The van der Waals surface area contributed by atoms with E-state index in [0.717, 1.165) is 38.8 Å². The van der Waals surface area contributed by atoms with Gasteiger partial charge in [-0.1, -0.05) is 25.5 Å². The van der Waals surface area contributed by atoms with Gasteiger partial charge in [-0.3, -0.25) is 0 Å². The van der Waals surface area contributed by atoms with E-state index in [1.807, 2.05) is 12.1 Å². The maximum atomic E-state index is 12.5. The molecule has 0 saturated carbocycles. The lowest BCUT2D eigenvalue weighted by molar-refractivity contribution is 0.0577. The number of sulfonamides is 1. The average Bonchev–Trinajstić information content (AvgIpc) is 2.55. The maximum Gasteiger partial charge on any atom is 0.240 e. The van der Waals surface area contributed by atoms with E-state index in [1.165, 1.54) is 5.56 Å². The van der Waals surface area contributed by atoms with Crippen LogP contribution in [0.2, 0.25) is 0 Å². The molecule has 2 rings (SSSR count). The Bertz CT molecular complexity index is 573. The average molecular weight is 340 g/mol. The van der Waals surface area contributed by atoms with E-state index in [4.69, 9.17) is 4.74 Å². The van der Waals surface area contributed by atoms with Crippen LogP contribution in [0.3, 0.4) is 0 Å². The zero-order valence-corrected chi connectivity index (χ0v) is 14.9. The number of hydrogen-bond donors (Lipinski definition) is 2. The molecule has 0 atom stereocenters. The van der Waals surface area contributed by atoms with Crippen molar-refractivity contribution in [1.29, 1.82) is 0 Å². The van der Waals surface area contributed by atoms with Crippen LogP contribution in [0.1, 0.15) is 31.7 Å². The van der Waals surface area contributed by atoms with E-state index < -0.39 is 10.0 Å². The van der Waals surface area contributed by atoms with Crippen molar-refractivity contribution < 1.29 is 13.2 Å². The lowest BCUT2D eigenvalue weighted by Gasteiger charge is -2.37. The lowest BCUT2D eigenvalue weighted by atomic mass is 9.80. The number of ether oxygens (including phenoxy) is 1. The van der Waals surface area contributed by atoms with E-state index in [1.54, 1.807) is 19.2 Å². The molecule has 5 nitrogen and oxygen atoms in total. The molecule has 0 bridgehead atoms. The molecule has 1 saturated heterocycles. The van der Waals surface area contributed by atoms with Gasteiger partial charge >= 0.3 is 0 Å². The third-order valence-corrected chi connectivity index (χ3v) is 5.94. The number of piperidine rings is 1. The van der Waals surface area contributed by atoms with Crippen LogP contribution in [-0.2, 0) is 21.2 Å². The molecule has 1 aliphatic rings. The highest BCUT2D eigenvalue weighted by Crippen LogP contribution is 2.28. The van der Waals surface area contributed by atoms with Gasteiger partial charge in [0.15, 0.2) is 0 Å². The number of nitrogens with one attached hydrogen (secondary N) is 2. The van der Waals surface area contributed by atoms with Crippen LogP contribution in [0, 0.1) is 5.41 Å². The van der Waals surface area contributed by atoms with Crippen molar-refractivity contribution in [2.75, 3.05) is 33.4 Å². The van der Waals surface area contributed by atoms with Gasteiger partial charge in [0.25, 0.3) is 0 Å². The molecular weight excluding hydrogens is 312 g/mol. The Morgan fingerprint density at radius 2 is 1.87 bits per heavy atom. The van der Waals surface area contributed by atoms with Crippen LogP contribution in [0.25, 0.3) is 0 Å². The van der Waals surface area contributed by atoms with Crippen molar-refractivity contribution in [3.63, 3.8) is 0 Å². The van der Waals surface area contributed by atoms with Crippen LogP contribution >= 0.6 is 0 Å². The van der Waals surface area contributed by atoms with E-state index in [9.17, 15) is 8.42 Å². The summed E-state index contributed by atoms with van der Waals surface area (Å²) in [4.78, 5) is 0.332. The van der Waals surface area contributed by atoms with Gasteiger partial charge in [0.2, 0.25) is 10.0 Å². The number of methoxy groups -OCH3 is 1. The Morgan fingerprint density at radius 1 is 1.22 bits per heavy atom.